The van der Waals surface area contributed by atoms with E-state index in [1.54, 1.807) is 7.05 Å². The van der Waals surface area contributed by atoms with Gasteiger partial charge in [0, 0.05) is 12.7 Å². The number of rotatable bonds is 3. The van der Waals surface area contributed by atoms with Crippen molar-refractivity contribution >= 4 is 23.0 Å². The molecule has 1 heterocycles. The molecule has 0 aliphatic carbocycles. The number of benzene rings is 1. The second kappa shape index (κ2) is 5.49. The van der Waals surface area contributed by atoms with E-state index >= 15 is 0 Å². The van der Waals surface area contributed by atoms with E-state index in [0.717, 1.165) is 11.3 Å². The first kappa shape index (κ1) is 13.7. The van der Waals surface area contributed by atoms with Gasteiger partial charge in [-0.15, -0.1) is 0 Å². The Bertz CT molecular complexity index is 668. The van der Waals surface area contributed by atoms with Gasteiger partial charge in [-0.1, -0.05) is 17.7 Å². The van der Waals surface area contributed by atoms with Crippen LogP contribution in [0.25, 0.3) is 0 Å². The molecule has 0 bridgehead atoms. The van der Waals surface area contributed by atoms with Gasteiger partial charge in [0.15, 0.2) is 11.6 Å². The third kappa shape index (κ3) is 2.50. The SMILES string of the molecule is CNc1nc(Nc2ccc(C)cc2)c(C#N)c(C)c1N. The maximum atomic E-state index is 9.30. The number of hydrogen-bond acceptors (Lipinski definition) is 5. The summed E-state index contributed by atoms with van der Waals surface area (Å²) in [7, 11) is 1.75. The van der Waals surface area contributed by atoms with Crippen molar-refractivity contribution in [3.63, 3.8) is 0 Å². The Hall–Kier alpha value is -2.74. The molecule has 0 saturated carbocycles. The lowest BCUT2D eigenvalue weighted by Gasteiger charge is -2.14. The molecule has 5 heteroatoms. The van der Waals surface area contributed by atoms with Crippen LogP contribution in [-0.4, -0.2) is 12.0 Å². The number of nitrogens with one attached hydrogen (secondary N) is 2. The average molecular weight is 267 g/mol. The molecule has 0 atom stereocenters. The van der Waals surface area contributed by atoms with Crippen LogP contribution in [0.3, 0.4) is 0 Å². The summed E-state index contributed by atoms with van der Waals surface area (Å²) in [6.45, 7) is 3.84. The number of nitriles is 1. The zero-order valence-corrected chi connectivity index (χ0v) is 11.8. The lowest BCUT2D eigenvalue weighted by atomic mass is 10.1. The van der Waals surface area contributed by atoms with E-state index in [1.807, 2.05) is 38.1 Å². The van der Waals surface area contributed by atoms with Crippen LogP contribution in [-0.2, 0) is 0 Å². The molecule has 1 aromatic heterocycles. The third-order valence-electron chi connectivity index (χ3n) is 3.16. The molecule has 5 nitrogen and oxygen atoms in total. The zero-order valence-electron chi connectivity index (χ0n) is 11.8. The highest BCUT2D eigenvalue weighted by Gasteiger charge is 2.14. The summed E-state index contributed by atoms with van der Waals surface area (Å²) in [5.41, 5.74) is 9.69. The van der Waals surface area contributed by atoms with E-state index in [-0.39, 0.29) is 0 Å². The fraction of sp³-hybridized carbons (Fsp3) is 0.200. The fourth-order valence-electron chi connectivity index (χ4n) is 1.91. The van der Waals surface area contributed by atoms with Gasteiger partial charge in [0.05, 0.1) is 11.3 Å². The van der Waals surface area contributed by atoms with Gasteiger partial charge in [-0.3, -0.25) is 0 Å². The van der Waals surface area contributed by atoms with Gasteiger partial charge in [0.25, 0.3) is 0 Å². The van der Waals surface area contributed by atoms with E-state index in [0.29, 0.717) is 22.9 Å². The minimum atomic E-state index is 0.460. The quantitative estimate of drug-likeness (QED) is 0.796. The summed E-state index contributed by atoms with van der Waals surface area (Å²) >= 11 is 0. The number of nitrogens with zero attached hydrogens (tertiary/aromatic N) is 2. The van der Waals surface area contributed by atoms with E-state index in [2.05, 4.69) is 21.7 Å². The lowest BCUT2D eigenvalue weighted by Crippen LogP contribution is -2.07. The number of hydrogen-bond donors (Lipinski definition) is 3. The highest BCUT2D eigenvalue weighted by molar-refractivity contribution is 5.76. The van der Waals surface area contributed by atoms with Crippen LogP contribution in [0, 0.1) is 25.2 Å². The Balaban J connectivity index is 2.48. The molecular weight excluding hydrogens is 250 g/mol. The lowest BCUT2D eigenvalue weighted by molar-refractivity contribution is 1.23. The van der Waals surface area contributed by atoms with Crippen molar-refractivity contribution in [1.29, 1.82) is 5.26 Å². The summed E-state index contributed by atoms with van der Waals surface area (Å²) < 4.78 is 0. The summed E-state index contributed by atoms with van der Waals surface area (Å²) in [4.78, 5) is 4.37. The van der Waals surface area contributed by atoms with Crippen molar-refractivity contribution in [2.45, 2.75) is 13.8 Å². The molecule has 0 aliphatic rings. The van der Waals surface area contributed by atoms with E-state index in [1.165, 1.54) is 5.56 Å². The van der Waals surface area contributed by atoms with Gasteiger partial charge in [-0.2, -0.15) is 5.26 Å². The number of aryl methyl sites for hydroxylation is 1. The van der Waals surface area contributed by atoms with Gasteiger partial charge in [0.1, 0.15) is 6.07 Å². The molecular formula is C15H17N5. The standard InChI is InChI=1S/C15H17N5/c1-9-4-6-11(7-5-9)19-14-12(8-16)10(2)13(17)15(18-3)20-14/h4-7H,17H2,1-3H3,(H2,18,19,20). The maximum Gasteiger partial charge on any atom is 0.151 e. The molecule has 0 saturated heterocycles. The smallest absolute Gasteiger partial charge is 0.151 e. The van der Waals surface area contributed by atoms with E-state index in [4.69, 9.17) is 5.73 Å². The second-order valence-electron chi connectivity index (χ2n) is 4.58. The molecule has 0 aliphatic heterocycles. The van der Waals surface area contributed by atoms with Crippen molar-refractivity contribution in [2.75, 3.05) is 23.4 Å². The van der Waals surface area contributed by atoms with Gasteiger partial charge >= 0.3 is 0 Å². The van der Waals surface area contributed by atoms with Gasteiger partial charge in [-0.25, -0.2) is 4.98 Å². The normalized spacial score (nSPS) is 9.90. The zero-order chi connectivity index (χ0) is 14.7. The van der Waals surface area contributed by atoms with Crippen LogP contribution < -0.4 is 16.4 Å². The van der Waals surface area contributed by atoms with Crippen molar-refractivity contribution in [3.05, 3.63) is 41.0 Å². The molecule has 102 valence electrons. The van der Waals surface area contributed by atoms with Crippen molar-refractivity contribution in [1.82, 2.24) is 4.98 Å². The highest BCUT2D eigenvalue weighted by Crippen LogP contribution is 2.29. The first-order valence-electron chi connectivity index (χ1n) is 6.28. The largest absolute Gasteiger partial charge is 0.395 e. The van der Waals surface area contributed by atoms with Crippen LogP contribution in [0.15, 0.2) is 24.3 Å². The van der Waals surface area contributed by atoms with Gasteiger partial charge < -0.3 is 16.4 Å². The molecule has 0 unspecified atom stereocenters. The summed E-state index contributed by atoms with van der Waals surface area (Å²) in [5.74, 6) is 1.07. The minimum Gasteiger partial charge on any atom is -0.395 e. The molecule has 0 fully saturated rings. The number of aromatic nitrogens is 1. The van der Waals surface area contributed by atoms with Crippen molar-refractivity contribution in [2.24, 2.45) is 0 Å². The molecule has 2 rings (SSSR count). The number of nitrogen functional groups attached to an aromatic ring is 1. The summed E-state index contributed by atoms with van der Waals surface area (Å²) in [6, 6.07) is 10.0. The average Bonchev–Trinajstić information content (AvgIpc) is 2.45. The monoisotopic (exact) mass is 267 g/mol. The Morgan fingerprint density at radius 2 is 1.80 bits per heavy atom. The van der Waals surface area contributed by atoms with E-state index in [9.17, 15) is 5.26 Å². The molecule has 2 aromatic rings. The first-order valence-corrected chi connectivity index (χ1v) is 6.28. The molecule has 1 aromatic carbocycles. The number of anilines is 4. The van der Waals surface area contributed by atoms with Crippen molar-refractivity contribution < 1.29 is 0 Å². The molecule has 0 spiro atoms. The van der Waals surface area contributed by atoms with Crippen LogP contribution in [0.2, 0.25) is 0 Å². The first-order chi connectivity index (χ1) is 9.56. The topological polar surface area (TPSA) is 86.8 Å². The Morgan fingerprint density at radius 3 is 2.35 bits per heavy atom. The fourth-order valence-corrected chi connectivity index (χ4v) is 1.91. The second-order valence-corrected chi connectivity index (χ2v) is 4.58. The molecule has 0 radical (unpaired) electrons. The number of nitrogens with two attached hydrogens (primary N) is 1. The van der Waals surface area contributed by atoms with Crippen LogP contribution in [0.4, 0.5) is 23.0 Å². The molecule has 0 amide bonds. The molecule has 4 N–H and O–H groups in total. The number of pyridine rings is 1. The minimum absolute atomic E-state index is 0.460. The van der Waals surface area contributed by atoms with Gasteiger partial charge in [0.2, 0.25) is 0 Å². The predicted molar refractivity (Wildman–Crippen MR) is 82.1 cm³/mol. The third-order valence-corrected chi connectivity index (χ3v) is 3.16. The molecule has 20 heavy (non-hydrogen) atoms. The van der Waals surface area contributed by atoms with Crippen LogP contribution in [0.5, 0.6) is 0 Å². The van der Waals surface area contributed by atoms with Gasteiger partial charge in [-0.05, 0) is 31.5 Å². The maximum absolute atomic E-state index is 9.30. The van der Waals surface area contributed by atoms with E-state index < -0.39 is 0 Å². The summed E-state index contributed by atoms with van der Waals surface area (Å²) in [6.07, 6.45) is 0. The highest BCUT2D eigenvalue weighted by atomic mass is 15.1. The summed E-state index contributed by atoms with van der Waals surface area (Å²) in [5, 5.41) is 15.4. The Labute approximate surface area is 118 Å². The Kier molecular flexibility index (Phi) is 3.76. The van der Waals surface area contributed by atoms with Crippen molar-refractivity contribution in [3.8, 4) is 6.07 Å². The van der Waals surface area contributed by atoms with Crippen LogP contribution >= 0.6 is 0 Å². The van der Waals surface area contributed by atoms with Crippen LogP contribution in [0.1, 0.15) is 16.7 Å². The predicted octanol–water partition coefficient (Wildman–Crippen LogP) is 2.94. The Morgan fingerprint density at radius 1 is 1.15 bits per heavy atom.